The van der Waals surface area contributed by atoms with Gasteiger partial charge in [-0.25, -0.2) is 0 Å². The van der Waals surface area contributed by atoms with E-state index in [1.54, 1.807) is 24.3 Å². The monoisotopic (exact) mass is 221 g/mol. The zero-order valence-corrected chi connectivity index (χ0v) is 9.31. The van der Waals surface area contributed by atoms with Crippen molar-refractivity contribution in [1.29, 1.82) is 0 Å². The van der Waals surface area contributed by atoms with Crippen molar-refractivity contribution in [3.05, 3.63) is 35.9 Å². The molecule has 0 unspecified atom stereocenters. The minimum Gasteiger partial charge on any atom is -0.386 e. The van der Waals surface area contributed by atoms with Crippen LogP contribution in [0.5, 0.6) is 0 Å². The molecule has 1 amide bonds. The van der Waals surface area contributed by atoms with Gasteiger partial charge in [-0.05, 0) is 12.5 Å². The van der Waals surface area contributed by atoms with Gasteiger partial charge in [-0.2, -0.15) is 0 Å². The molecule has 86 valence electrons. The summed E-state index contributed by atoms with van der Waals surface area (Å²) in [6.07, 6.45) is -1.01. The van der Waals surface area contributed by atoms with Crippen LogP contribution < -0.4 is 5.32 Å². The van der Waals surface area contributed by atoms with E-state index >= 15 is 0 Å². The summed E-state index contributed by atoms with van der Waals surface area (Å²) in [5.74, 6) is -0.610. The predicted octanol–water partition coefficient (Wildman–Crippen LogP) is 0.814. The standard InChI is InChI=1S/C12H15NO3/c1-8(14)11(13-9(2)15)12(16)10-6-4-3-5-7-10/h3-7,11-12,16H,1-2H3,(H,13,15)/t11-,12-/m0/s1. The molecule has 2 N–H and O–H groups in total. The Morgan fingerprint density at radius 2 is 1.75 bits per heavy atom. The van der Waals surface area contributed by atoms with Crippen LogP contribution in [0.25, 0.3) is 0 Å². The fraction of sp³-hybridized carbons (Fsp3) is 0.333. The molecule has 4 heteroatoms. The van der Waals surface area contributed by atoms with E-state index in [1.165, 1.54) is 13.8 Å². The summed E-state index contributed by atoms with van der Waals surface area (Å²) in [4.78, 5) is 22.2. The average molecular weight is 221 g/mol. The van der Waals surface area contributed by atoms with Crippen molar-refractivity contribution in [3.63, 3.8) is 0 Å². The molecule has 0 bridgehead atoms. The highest BCUT2D eigenvalue weighted by molar-refractivity contribution is 5.87. The Balaban J connectivity index is 2.87. The quantitative estimate of drug-likeness (QED) is 0.790. The fourth-order valence-corrected chi connectivity index (χ4v) is 1.46. The number of aliphatic hydroxyl groups is 1. The van der Waals surface area contributed by atoms with Crippen molar-refractivity contribution < 1.29 is 14.7 Å². The van der Waals surface area contributed by atoms with Crippen LogP contribution in [0.2, 0.25) is 0 Å². The van der Waals surface area contributed by atoms with Crippen LogP contribution in [0, 0.1) is 0 Å². The molecule has 0 heterocycles. The molecule has 0 spiro atoms. The smallest absolute Gasteiger partial charge is 0.217 e. The number of hydrogen-bond acceptors (Lipinski definition) is 3. The van der Waals surface area contributed by atoms with Crippen LogP contribution in [0.15, 0.2) is 30.3 Å². The number of aliphatic hydroxyl groups excluding tert-OH is 1. The molecule has 0 aliphatic rings. The summed E-state index contributed by atoms with van der Waals surface area (Å²) in [5, 5.41) is 12.4. The molecule has 0 radical (unpaired) electrons. The molecule has 1 aromatic rings. The van der Waals surface area contributed by atoms with Crippen molar-refractivity contribution in [1.82, 2.24) is 5.32 Å². The second-order valence-corrected chi connectivity index (χ2v) is 3.64. The van der Waals surface area contributed by atoms with E-state index in [2.05, 4.69) is 5.32 Å². The summed E-state index contributed by atoms with van der Waals surface area (Å²) in [5.41, 5.74) is 0.608. The highest BCUT2D eigenvalue weighted by Crippen LogP contribution is 2.16. The number of rotatable bonds is 4. The largest absolute Gasteiger partial charge is 0.386 e. The fourth-order valence-electron chi connectivity index (χ4n) is 1.46. The van der Waals surface area contributed by atoms with E-state index in [0.29, 0.717) is 5.56 Å². The molecule has 0 aromatic heterocycles. The number of benzene rings is 1. The van der Waals surface area contributed by atoms with Crippen molar-refractivity contribution >= 4 is 11.7 Å². The zero-order valence-electron chi connectivity index (χ0n) is 9.31. The normalized spacial score (nSPS) is 13.9. The van der Waals surface area contributed by atoms with Crippen molar-refractivity contribution in [2.75, 3.05) is 0 Å². The molecule has 16 heavy (non-hydrogen) atoms. The Kier molecular flexibility index (Phi) is 4.19. The molecule has 2 atom stereocenters. The lowest BCUT2D eigenvalue weighted by Crippen LogP contribution is -2.43. The van der Waals surface area contributed by atoms with E-state index < -0.39 is 12.1 Å². The van der Waals surface area contributed by atoms with Gasteiger partial charge >= 0.3 is 0 Å². The first-order valence-electron chi connectivity index (χ1n) is 5.03. The van der Waals surface area contributed by atoms with Crippen molar-refractivity contribution in [2.24, 2.45) is 0 Å². The molecule has 0 fully saturated rings. The van der Waals surface area contributed by atoms with Crippen LogP contribution in [0.4, 0.5) is 0 Å². The lowest BCUT2D eigenvalue weighted by Gasteiger charge is -2.21. The maximum absolute atomic E-state index is 11.3. The molecule has 0 saturated heterocycles. The third-order valence-electron chi connectivity index (χ3n) is 2.25. The third kappa shape index (κ3) is 3.17. The maximum atomic E-state index is 11.3. The average Bonchev–Trinajstić information content (AvgIpc) is 2.25. The zero-order chi connectivity index (χ0) is 12.1. The maximum Gasteiger partial charge on any atom is 0.217 e. The first-order chi connectivity index (χ1) is 7.52. The van der Waals surface area contributed by atoms with Gasteiger partial charge in [0.05, 0.1) is 0 Å². The highest BCUT2D eigenvalue weighted by atomic mass is 16.3. The van der Waals surface area contributed by atoms with Crippen LogP contribution in [0.1, 0.15) is 25.5 Å². The van der Waals surface area contributed by atoms with Crippen molar-refractivity contribution in [2.45, 2.75) is 26.0 Å². The number of hydrogen-bond donors (Lipinski definition) is 2. The van der Waals surface area contributed by atoms with Gasteiger partial charge in [0, 0.05) is 6.92 Å². The first kappa shape index (κ1) is 12.4. The van der Waals surface area contributed by atoms with E-state index in [1.807, 2.05) is 6.07 Å². The summed E-state index contributed by atoms with van der Waals surface area (Å²) in [6, 6.07) is 7.88. The molecule has 4 nitrogen and oxygen atoms in total. The van der Waals surface area contributed by atoms with Gasteiger partial charge in [-0.15, -0.1) is 0 Å². The molecule has 0 aliphatic carbocycles. The number of carbonyl (C=O) groups excluding carboxylic acids is 2. The number of Topliss-reactive ketones (excluding diaryl/α,β-unsaturated/α-hetero) is 1. The second kappa shape index (κ2) is 5.42. The summed E-state index contributed by atoms with van der Waals surface area (Å²) >= 11 is 0. The minimum atomic E-state index is -1.01. The van der Waals surface area contributed by atoms with Crippen LogP contribution in [-0.2, 0) is 9.59 Å². The van der Waals surface area contributed by atoms with Crippen LogP contribution in [0.3, 0.4) is 0 Å². The number of amides is 1. The molecule has 0 aliphatic heterocycles. The number of ketones is 1. The molecular weight excluding hydrogens is 206 g/mol. The minimum absolute atomic E-state index is 0.272. The second-order valence-electron chi connectivity index (χ2n) is 3.64. The summed E-state index contributed by atoms with van der Waals surface area (Å²) in [6.45, 7) is 2.65. The topological polar surface area (TPSA) is 66.4 Å². The third-order valence-corrected chi connectivity index (χ3v) is 2.25. The Labute approximate surface area is 94.3 Å². The molecule has 1 rings (SSSR count). The van der Waals surface area contributed by atoms with Gasteiger partial charge in [0.15, 0.2) is 5.78 Å². The van der Waals surface area contributed by atoms with Crippen LogP contribution >= 0.6 is 0 Å². The van der Waals surface area contributed by atoms with E-state index in [9.17, 15) is 14.7 Å². The van der Waals surface area contributed by atoms with Crippen LogP contribution in [-0.4, -0.2) is 22.8 Å². The SMILES string of the molecule is CC(=O)N[C@@H](C(C)=O)[C@@H](O)c1ccccc1. The first-order valence-corrected chi connectivity index (χ1v) is 5.03. The molecule has 1 aromatic carbocycles. The van der Waals surface area contributed by atoms with E-state index in [-0.39, 0.29) is 11.7 Å². The Bertz CT molecular complexity index is 375. The Morgan fingerprint density at radius 1 is 1.19 bits per heavy atom. The molecular formula is C12H15NO3. The van der Waals surface area contributed by atoms with Gasteiger partial charge < -0.3 is 10.4 Å². The van der Waals surface area contributed by atoms with Gasteiger partial charge in [-0.3, -0.25) is 9.59 Å². The molecule has 0 saturated carbocycles. The van der Waals surface area contributed by atoms with Crippen molar-refractivity contribution in [3.8, 4) is 0 Å². The van der Waals surface area contributed by atoms with E-state index in [0.717, 1.165) is 0 Å². The predicted molar refractivity (Wildman–Crippen MR) is 59.7 cm³/mol. The Morgan fingerprint density at radius 3 is 2.19 bits per heavy atom. The lowest BCUT2D eigenvalue weighted by atomic mass is 9.99. The number of carbonyl (C=O) groups is 2. The van der Waals surface area contributed by atoms with Gasteiger partial charge in [0.1, 0.15) is 12.1 Å². The highest BCUT2D eigenvalue weighted by Gasteiger charge is 2.25. The number of nitrogens with one attached hydrogen (secondary N) is 1. The van der Waals surface area contributed by atoms with Gasteiger partial charge in [0.2, 0.25) is 5.91 Å². The van der Waals surface area contributed by atoms with Gasteiger partial charge in [-0.1, -0.05) is 30.3 Å². The Hall–Kier alpha value is -1.68. The summed E-state index contributed by atoms with van der Waals surface area (Å²) in [7, 11) is 0. The van der Waals surface area contributed by atoms with Gasteiger partial charge in [0.25, 0.3) is 0 Å². The lowest BCUT2D eigenvalue weighted by molar-refractivity contribution is -0.128. The van der Waals surface area contributed by atoms with E-state index in [4.69, 9.17) is 0 Å². The summed E-state index contributed by atoms with van der Waals surface area (Å²) < 4.78 is 0.